The van der Waals surface area contributed by atoms with Crippen LogP contribution in [0.15, 0.2) is 12.1 Å². The fraction of sp³-hybridized carbons (Fsp3) is 0.625. The number of amides is 1. The van der Waals surface area contributed by atoms with E-state index in [9.17, 15) is 4.79 Å². The van der Waals surface area contributed by atoms with Gasteiger partial charge in [0.05, 0.1) is 5.02 Å². The zero-order chi connectivity index (χ0) is 15.3. The van der Waals surface area contributed by atoms with Gasteiger partial charge in [0.25, 0.3) is 5.91 Å². The Labute approximate surface area is 131 Å². The van der Waals surface area contributed by atoms with Crippen LogP contribution < -0.4 is 10.6 Å². The van der Waals surface area contributed by atoms with E-state index in [-0.39, 0.29) is 11.3 Å². The minimum atomic E-state index is -0.181. The summed E-state index contributed by atoms with van der Waals surface area (Å²) in [6.45, 7) is 5.66. The highest BCUT2D eigenvalue weighted by Crippen LogP contribution is 2.40. The largest absolute Gasteiger partial charge is 0.370 e. The number of anilines is 1. The molecule has 21 heavy (non-hydrogen) atoms. The van der Waals surface area contributed by atoms with E-state index in [4.69, 9.17) is 11.6 Å². The summed E-state index contributed by atoms with van der Waals surface area (Å²) in [6, 6.07) is 3.50. The van der Waals surface area contributed by atoms with Crippen molar-refractivity contribution in [3.05, 3.63) is 22.8 Å². The molecule has 1 aromatic heterocycles. The molecule has 1 aliphatic carbocycles. The lowest BCUT2D eigenvalue weighted by molar-refractivity contribution is 0.0924. The maximum Gasteiger partial charge on any atom is 0.271 e. The standard InChI is InChI=1S/C16H24ClN3O/c1-3-16(9-5-6-10-16)11-19-15(21)14-12(17)7-8-13(20-14)18-4-2/h7-8H,3-6,9-11H2,1-2H3,(H,18,20)(H,19,21). The van der Waals surface area contributed by atoms with Gasteiger partial charge in [-0.05, 0) is 43.7 Å². The molecule has 4 nitrogen and oxygen atoms in total. The molecule has 2 rings (SSSR count). The molecule has 1 saturated carbocycles. The lowest BCUT2D eigenvalue weighted by atomic mass is 9.83. The SMILES string of the molecule is CCNc1ccc(Cl)c(C(=O)NCC2(CC)CCCC2)n1. The van der Waals surface area contributed by atoms with E-state index >= 15 is 0 Å². The summed E-state index contributed by atoms with van der Waals surface area (Å²) >= 11 is 6.10. The Morgan fingerprint density at radius 2 is 2.05 bits per heavy atom. The van der Waals surface area contributed by atoms with Crippen LogP contribution >= 0.6 is 11.6 Å². The topological polar surface area (TPSA) is 54.0 Å². The molecule has 2 N–H and O–H groups in total. The molecule has 0 spiro atoms. The Kier molecular flexibility index (Phi) is 5.45. The van der Waals surface area contributed by atoms with E-state index < -0.39 is 0 Å². The molecule has 1 amide bonds. The maximum absolute atomic E-state index is 12.4. The average Bonchev–Trinajstić information content (AvgIpc) is 2.96. The van der Waals surface area contributed by atoms with Gasteiger partial charge < -0.3 is 10.6 Å². The Hall–Kier alpha value is -1.29. The van der Waals surface area contributed by atoms with E-state index in [1.54, 1.807) is 12.1 Å². The van der Waals surface area contributed by atoms with Crippen molar-refractivity contribution in [3.8, 4) is 0 Å². The number of halogens is 1. The van der Waals surface area contributed by atoms with Crippen molar-refractivity contribution in [3.63, 3.8) is 0 Å². The summed E-state index contributed by atoms with van der Waals surface area (Å²) in [5.74, 6) is 0.498. The van der Waals surface area contributed by atoms with Crippen molar-refractivity contribution < 1.29 is 4.79 Å². The van der Waals surface area contributed by atoms with Gasteiger partial charge in [0.2, 0.25) is 0 Å². The summed E-state index contributed by atoms with van der Waals surface area (Å²) in [5.41, 5.74) is 0.570. The van der Waals surface area contributed by atoms with E-state index in [0.29, 0.717) is 23.1 Å². The number of nitrogens with zero attached hydrogens (tertiary/aromatic N) is 1. The van der Waals surface area contributed by atoms with E-state index in [0.717, 1.165) is 13.0 Å². The second-order valence-electron chi connectivity index (χ2n) is 5.80. The number of nitrogens with one attached hydrogen (secondary N) is 2. The zero-order valence-electron chi connectivity index (χ0n) is 12.8. The van der Waals surface area contributed by atoms with Gasteiger partial charge in [-0.15, -0.1) is 0 Å². The van der Waals surface area contributed by atoms with Crippen LogP contribution in [0.1, 0.15) is 56.4 Å². The van der Waals surface area contributed by atoms with Crippen LogP contribution in [0.25, 0.3) is 0 Å². The lowest BCUT2D eigenvalue weighted by Gasteiger charge is -2.27. The van der Waals surface area contributed by atoms with Crippen LogP contribution in [-0.4, -0.2) is 24.0 Å². The second kappa shape index (κ2) is 7.12. The molecule has 1 aliphatic rings. The Bertz CT molecular complexity index is 498. The minimum Gasteiger partial charge on any atom is -0.370 e. The van der Waals surface area contributed by atoms with Crippen molar-refractivity contribution in [1.82, 2.24) is 10.3 Å². The van der Waals surface area contributed by atoms with Crippen LogP contribution in [0.2, 0.25) is 5.02 Å². The number of rotatable bonds is 6. The molecule has 0 saturated heterocycles. The van der Waals surface area contributed by atoms with Crippen LogP contribution in [0.3, 0.4) is 0 Å². The van der Waals surface area contributed by atoms with Crippen molar-refractivity contribution in [1.29, 1.82) is 0 Å². The predicted octanol–water partition coefficient (Wildman–Crippen LogP) is 3.87. The zero-order valence-corrected chi connectivity index (χ0v) is 13.6. The molecule has 1 fully saturated rings. The van der Waals surface area contributed by atoms with Crippen LogP contribution in [0, 0.1) is 5.41 Å². The van der Waals surface area contributed by atoms with Crippen LogP contribution in [0.5, 0.6) is 0 Å². The first-order valence-corrected chi connectivity index (χ1v) is 8.16. The quantitative estimate of drug-likeness (QED) is 0.838. The van der Waals surface area contributed by atoms with E-state index in [1.807, 2.05) is 6.92 Å². The summed E-state index contributed by atoms with van der Waals surface area (Å²) in [5, 5.41) is 6.52. The summed E-state index contributed by atoms with van der Waals surface area (Å²) in [4.78, 5) is 16.7. The fourth-order valence-electron chi connectivity index (χ4n) is 3.01. The normalized spacial score (nSPS) is 16.7. The third-order valence-corrected chi connectivity index (χ3v) is 4.76. The van der Waals surface area contributed by atoms with Crippen molar-refractivity contribution in [2.75, 3.05) is 18.4 Å². The molecular formula is C16H24ClN3O. The van der Waals surface area contributed by atoms with Crippen LogP contribution in [0.4, 0.5) is 5.82 Å². The first-order valence-electron chi connectivity index (χ1n) is 7.79. The summed E-state index contributed by atoms with van der Waals surface area (Å²) in [6.07, 6.45) is 6.02. The van der Waals surface area contributed by atoms with Gasteiger partial charge in [-0.1, -0.05) is 31.4 Å². The van der Waals surface area contributed by atoms with Gasteiger partial charge in [-0.25, -0.2) is 4.98 Å². The molecule has 1 heterocycles. The molecule has 116 valence electrons. The van der Waals surface area contributed by atoms with E-state index in [2.05, 4.69) is 22.5 Å². The van der Waals surface area contributed by atoms with Crippen LogP contribution in [-0.2, 0) is 0 Å². The van der Waals surface area contributed by atoms with Crippen molar-refractivity contribution >= 4 is 23.3 Å². The average molecular weight is 310 g/mol. The number of hydrogen-bond acceptors (Lipinski definition) is 3. The number of hydrogen-bond donors (Lipinski definition) is 2. The van der Waals surface area contributed by atoms with Gasteiger partial charge in [0.1, 0.15) is 11.5 Å². The summed E-state index contributed by atoms with van der Waals surface area (Å²) in [7, 11) is 0. The Morgan fingerprint density at radius 1 is 1.33 bits per heavy atom. The molecular weight excluding hydrogens is 286 g/mol. The fourth-order valence-corrected chi connectivity index (χ4v) is 3.20. The molecule has 0 unspecified atom stereocenters. The number of carbonyl (C=O) groups is 1. The molecule has 0 aliphatic heterocycles. The first kappa shape index (κ1) is 16.1. The highest BCUT2D eigenvalue weighted by Gasteiger charge is 2.32. The number of carbonyl (C=O) groups excluding carboxylic acids is 1. The first-order chi connectivity index (χ1) is 10.1. The molecule has 0 aromatic carbocycles. The van der Waals surface area contributed by atoms with Crippen molar-refractivity contribution in [2.24, 2.45) is 5.41 Å². The highest BCUT2D eigenvalue weighted by atomic mass is 35.5. The van der Waals surface area contributed by atoms with Gasteiger partial charge in [0.15, 0.2) is 0 Å². The van der Waals surface area contributed by atoms with E-state index in [1.165, 1.54) is 25.7 Å². The Morgan fingerprint density at radius 3 is 2.67 bits per heavy atom. The smallest absolute Gasteiger partial charge is 0.271 e. The predicted molar refractivity (Wildman–Crippen MR) is 86.9 cm³/mol. The summed E-state index contributed by atoms with van der Waals surface area (Å²) < 4.78 is 0. The third kappa shape index (κ3) is 3.88. The third-order valence-electron chi connectivity index (χ3n) is 4.46. The van der Waals surface area contributed by atoms with Gasteiger partial charge in [-0.2, -0.15) is 0 Å². The lowest BCUT2D eigenvalue weighted by Crippen LogP contribution is -2.36. The van der Waals surface area contributed by atoms with Crippen molar-refractivity contribution in [2.45, 2.75) is 46.0 Å². The maximum atomic E-state index is 12.4. The molecule has 1 aromatic rings. The number of pyridine rings is 1. The monoisotopic (exact) mass is 309 g/mol. The molecule has 0 atom stereocenters. The van der Waals surface area contributed by atoms with Gasteiger partial charge >= 0.3 is 0 Å². The Balaban J connectivity index is 2.04. The van der Waals surface area contributed by atoms with Gasteiger partial charge in [-0.3, -0.25) is 4.79 Å². The molecule has 5 heteroatoms. The molecule has 0 radical (unpaired) electrons. The van der Waals surface area contributed by atoms with Gasteiger partial charge in [0, 0.05) is 13.1 Å². The number of aromatic nitrogens is 1. The highest BCUT2D eigenvalue weighted by molar-refractivity contribution is 6.33. The molecule has 0 bridgehead atoms. The second-order valence-corrected chi connectivity index (χ2v) is 6.21. The minimum absolute atomic E-state index is 0.181.